The van der Waals surface area contributed by atoms with E-state index >= 15 is 0 Å². The second kappa shape index (κ2) is 9.58. The van der Waals surface area contributed by atoms with Crippen molar-refractivity contribution in [2.24, 2.45) is 0 Å². The van der Waals surface area contributed by atoms with Gasteiger partial charge >= 0.3 is 5.97 Å². The highest BCUT2D eigenvalue weighted by Crippen LogP contribution is 2.31. The number of nitrogens with one attached hydrogen (secondary N) is 2. The summed E-state index contributed by atoms with van der Waals surface area (Å²) in [7, 11) is 1.57. The van der Waals surface area contributed by atoms with E-state index in [1.54, 1.807) is 33.1 Å². The number of methoxy groups -OCH3 is 1. The largest absolute Gasteiger partial charge is 0.496 e. The number of hydrogen-bond donors (Lipinski definition) is 2. The third-order valence-electron chi connectivity index (χ3n) is 4.61. The molecule has 0 bridgehead atoms. The van der Waals surface area contributed by atoms with Gasteiger partial charge in [-0.1, -0.05) is 6.07 Å². The van der Waals surface area contributed by atoms with Gasteiger partial charge in [0.05, 0.1) is 25.3 Å². The Kier molecular flexibility index (Phi) is 6.89. The van der Waals surface area contributed by atoms with Crippen LogP contribution in [0.3, 0.4) is 0 Å². The number of carbonyl (C=O) groups is 1. The molecule has 1 atom stereocenters. The van der Waals surface area contributed by atoms with Crippen LogP contribution in [0.4, 0.5) is 4.39 Å². The van der Waals surface area contributed by atoms with Crippen molar-refractivity contribution < 1.29 is 23.4 Å². The molecule has 0 fully saturated rings. The van der Waals surface area contributed by atoms with Crippen molar-refractivity contribution in [3.05, 3.63) is 70.7 Å². The minimum atomic E-state index is -0.478. The summed E-state index contributed by atoms with van der Waals surface area (Å²) in [6, 6.07) is 10.9. The lowest BCUT2D eigenvalue weighted by Crippen LogP contribution is -2.45. The van der Waals surface area contributed by atoms with Crippen LogP contribution in [0.15, 0.2) is 53.7 Å². The molecule has 0 spiro atoms. The monoisotopic (exact) mass is 430 g/mol. The van der Waals surface area contributed by atoms with Crippen LogP contribution in [-0.4, -0.2) is 24.8 Å². The van der Waals surface area contributed by atoms with E-state index in [-0.39, 0.29) is 19.0 Å². The molecule has 1 aliphatic rings. The lowest BCUT2D eigenvalue weighted by atomic mass is 9.94. The number of esters is 1. The Labute approximate surface area is 180 Å². The SMILES string of the molecule is CCOC(=O)C1=C(C)NC(=S)N[C@@H]1c1ccc(OC)c(COc2ccc(F)cc2)c1. The highest BCUT2D eigenvalue weighted by Gasteiger charge is 2.31. The molecule has 30 heavy (non-hydrogen) atoms. The quantitative estimate of drug-likeness (QED) is 0.512. The number of benzene rings is 2. The first-order chi connectivity index (χ1) is 14.4. The fourth-order valence-corrected chi connectivity index (χ4v) is 3.48. The van der Waals surface area contributed by atoms with E-state index in [1.807, 2.05) is 18.2 Å². The second-order valence-corrected chi connectivity index (χ2v) is 7.01. The molecule has 8 heteroatoms. The summed E-state index contributed by atoms with van der Waals surface area (Å²) < 4.78 is 29.6. The summed E-state index contributed by atoms with van der Waals surface area (Å²) in [5.41, 5.74) is 2.68. The number of carbonyl (C=O) groups excluding carboxylic acids is 1. The van der Waals surface area contributed by atoms with E-state index in [2.05, 4.69) is 10.6 Å². The molecule has 1 heterocycles. The lowest BCUT2D eigenvalue weighted by Gasteiger charge is -2.30. The fraction of sp³-hybridized carbons (Fsp3) is 0.273. The Morgan fingerprint density at radius 3 is 2.60 bits per heavy atom. The zero-order valence-corrected chi connectivity index (χ0v) is 17.8. The maximum absolute atomic E-state index is 13.1. The van der Waals surface area contributed by atoms with Gasteiger partial charge in [0, 0.05) is 11.3 Å². The minimum Gasteiger partial charge on any atom is -0.496 e. The lowest BCUT2D eigenvalue weighted by molar-refractivity contribution is -0.139. The van der Waals surface area contributed by atoms with Crippen LogP contribution in [0.1, 0.15) is 31.0 Å². The average molecular weight is 431 g/mol. The first kappa shape index (κ1) is 21.6. The Bertz CT molecular complexity index is 976. The van der Waals surface area contributed by atoms with Gasteiger partial charge in [0.15, 0.2) is 5.11 Å². The van der Waals surface area contributed by atoms with Gasteiger partial charge < -0.3 is 24.8 Å². The molecule has 0 aliphatic carbocycles. The zero-order chi connectivity index (χ0) is 21.7. The molecule has 2 aromatic rings. The molecule has 0 unspecified atom stereocenters. The van der Waals surface area contributed by atoms with Crippen molar-refractivity contribution >= 4 is 23.3 Å². The van der Waals surface area contributed by atoms with Gasteiger partial charge in [-0.05, 0) is 68.0 Å². The highest BCUT2D eigenvalue weighted by molar-refractivity contribution is 7.80. The summed E-state index contributed by atoms with van der Waals surface area (Å²) in [4.78, 5) is 12.6. The number of allylic oxidation sites excluding steroid dienone is 1. The van der Waals surface area contributed by atoms with Gasteiger partial charge in [-0.25, -0.2) is 9.18 Å². The summed E-state index contributed by atoms with van der Waals surface area (Å²) >= 11 is 5.28. The number of rotatable bonds is 7. The number of ether oxygens (including phenoxy) is 3. The van der Waals surface area contributed by atoms with Crippen LogP contribution in [0, 0.1) is 5.82 Å². The van der Waals surface area contributed by atoms with E-state index in [1.165, 1.54) is 12.1 Å². The van der Waals surface area contributed by atoms with E-state index in [0.717, 1.165) is 11.1 Å². The molecule has 2 aromatic carbocycles. The Balaban J connectivity index is 1.91. The van der Waals surface area contributed by atoms with E-state index < -0.39 is 12.0 Å². The van der Waals surface area contributed by atoms with Gasteiger partial charge in [-0.2, -0.15) is 0 Å². The number of hydrogen-bond acceptors (Lipinski definition) is 5. The first-order valence-corrected chi connectivity index (χ1v) is 9.84. The van der Waals surface area contributed by atoms with Gasteiger partial charge in [-0.3, -0.25) is 0 Å². The average Bonchev–Trinajstić information content (AvgIpc) is 2.72. The molecule has 0 saturated carbocycles. The summed E-state index contributed by atoms with van der Waals surface area (Å²) in [5, 5.41) is 6.53. The molecule has 0 radical (unpaired) electrons. The van der Waals surface area contributed by atoms with Crippen LogP contribution >= 0.6 is 12.2 Å². The molecule has 1 aliphatic heterocycles. The maximum atomic E-state index is 13.1. The number of thiocarbonyl (C=S) groups is 1. The summed E-state index contributed by atoms with van der Waals surface area (Å²) in [6.45, 7) is 4.02. The normalized spacial score (nSPS) is 15.9. The van der Waals surface area contributed by atoms with Crippen molar-refractivity contribution in [2.45, 2.75) is 26.5 Å². The smallest absolute Gasteiger partial charge is 0.338 e. The van der Waals surface area contributed by atoms with Gasteiger partial charge in [0.2, 0.25) is 0 Å². The fourth-order valence-electron chi connectivity index (χ4n) is 3.21. The molecule has 158 valence electrons. The molecule has 0 aromatic heterocycles. The van der Waals surface area contributed by atoms with Crippen molar-refractivity contribution in [3.63, 3.8) is 0 Å². The van der Waals surface area contributed by atoms with E-state index in [0.29, 0.717) is 27.9 Å². The van der Waals surface area contributed by atoms with Crippen molar-refractivity contribution in [1.29, 1.82) is 0 Å². The molecule has 0 amide bonds. The van der Waals surface area contributed by atoms with E-state index in [4.69, 9.17) is 26.4 Å². The third-order valence-corrected chi connectivity index (χ3v) is 4.83. The van der Waals surface area contributed by atoms with E-state index in [9.17, 15) is 9.18 Å². The van der Waals surface area contributed by atoms with Crippen LogP contribution in [0.25, 0.3) is 0 Å². The van der Waals surface area contributed by atoms with Crippen molar-refractivity contribution in [2.75, 3.05) is 13.7 Å². The molecule has 2 N–H and O–H groups in total. The Morgan fingerprint density at radius 2 is 1.93 bits per heavy atom. The molecular formula is C22H23FN2O4S. The molecule has 6 nitrogen and oxygen atoms in total. The first-order valence-electron chi connectivity index (χ1n) is 9.43. The topological polar surface area (TPSA) is 68.8 Å². The Morgan fingerprint density at radius 1 is 1.20 bits per heavy atom. The number of halogens is 1. The summed E-state index contributed by atoms with van der Waals surface area (Å²) in [5.74, 6) is 0.426. The minimum absolute atomic E-state index is 0.204. The summed E-state index contributed by atoms with van der Waals surface area (Å²) in [6.07, 6.45) is 0. The van der Waals surface area contributed by atoms with Crippen molar-refractivity contribution in [3.8, 4) is 11.5 Å². The molecular weight excluding hydrogens is 407 g/mol. The molecule has 0 saturated heterocycles. The van der Waals surface area contributed by atoms with Crippen LogP contribution in [-0.2, 0) is 16.1 Å². The van der Waals surface area contributed by atoms with Gasteiger partial charge in [0.1, 0.15) is 23.9 Å². The predicted molar refractivity (Wildman–Crippen MR) is 115 cm³/mol. The zero-order valence-electron chi connectivity index (χ0n) is 17.0. The second-order valence-electron chi connectivity index (χ2n) is 6.60. The van der Waals surface area contributed by atoms with Gasteiger partial charge in [-0.15, -0.1) is 0 Å². The predicted octanol–water partition coefficient (Wildman–Crippen LogP) is 3.77. The van der Waals surface area contributed by atoms with Gasteiger partial charge in [0.25, 0.3) is 0 Å². The molecule has 3 rings (SSSR count). The van der Waals surface area contributed by atoms with Crippen LogP contribution < -0.4 is 20.1 Å². The van der Waals surface area contributed by atoms with Crippen LogP contribution in [0.2, 0.25) is 0 Å². The van der Waals surface area contributed by atoms with Crippen LogP contribution in [0.5, 0.6) is 11.5 Å². The van der Waals surface area contributed by atoms with Crippen molar-refractivity contribution in [1.82, 2.24) is 10.6 Å². The maximum Gasteiger partial charge on any atom is 0.338 e. The standard InChI is InChI=1S/C22H23FN2O4S/c1-4-28-21(26)19-13(2)24-22(30)25-20(19)14-5-10-18(27-3)15(11-14)12-29-17-8-6-16(23)7-9-17/h5-11,20H,4,12H2,1-3H3,(H2,24,25,30)/t20-/m1/s1. The highest BCUT2D eigenvalue weighted by atomic mass is 32.1. The third kappa shape index (κ3) is 4.88. The Hall–Kier alpha value is -3.13.